The zero-order valence-corrected chi connectivity index (χ0v) is 10.4. The highest BCUT2D eigenvalue weighted by Crippen LogP contribution is 2.21. The maximum absolute atomic E-state index is 13.4. The van der Waals surface area contributed by atoms with E-state index in [0.29, 0.717) is 18.5 Å². The van der Waals surface area contributed by atoms with Crippen LogP contribution in [0.25, 0.3) is 0 Å². The molecule has 17 heavy (non-hydrogen) atoms. The molecule has 0 aliphatic rings. The molecule has 0 heterocycles. The van der Waals surface area contributed by atoms with Crippen molar-refractivity contribution in [2.45, 2.75) is 32.9 Å². The summed E-state index contributed by atoms with van der Waals surface area (Å²) in [5, 5.41) is 17.9. The van der Waals surface area contributed by atoms with Crippen molar-refractivity contribution in [1.82, 2.24) is 0 Å². The third-order valence-electron chi connectivity index (χ3n) is 2.64. The predicted molar refractivity (Wildman–Crippen MR) is 66.5 cm³/mol. The first kappa shape index (κ1) is 13.9. The maximum atomic E-state index is 13.4. The first-order valence-corrected chi connectivity index (χ1v) is 5.86. The number of rotatable bonds is 6. The van der Waals surface area contributed by atoms with Crippen LogP contribution in [0.5, 0.6) is 0 Å². The van der Waals surface area contributed by atoms with Crippen molar-refractivity contribution in [3.8, 4) is 0 Å². The van der Waals surface area contributed by atoms with Gasteiger partial charge >= 0.3 is 0 Å². The van der Waals surface area contributed by atoms with E-state index in [1.54, 1.807) is 6.07 Å². The van der Waals surface area contributed by atoms with Gasteiger partial charge in [-0.15, -0.1) is 0 Å². The van der Waals surface area contributed by atoms with Gasteiger partial charge < -0.3 is 15.1 Å². The fraction of sp³-hybridized carbons (Fsp3) is 0.538. The Balaban J connectivity index is 2.96. The summed E-state index contributed by atoms with van der Waals surface area (Å²) in [5.41, 5.74) is 1.31. The van der Waals surface area contributed by atoms with Crippen LogP contribution in [0, 0.1) is 5.82 Å². The molecular formula is C13H20FNO2. The standard InChI is InChI=1S/C13H20FNO2/c1-10(2)15(4-3-5-16)13-7-11(9-17)6-12(14)8-13/h6-8,10,16-17H,3-5,9H2,1-2H3. The van der Waals surface area contributed by atoms with E-state index >= 15 is 0 Å². The van der Waals surface area contributed by atoms with Crippen molar-refractivity contribution in [1.29, 1.82) is 0 Å². The fourth-order valence-corrected chi connectivity index (χ4v) is 1.82. The lowest BCUT2D eigenvalue weighted by atomic mass is 10.1. The Morgan fingerprint density at radius 2 is 1.94 bits per heavy atom. The number of anilines is 1. The molecule has 0 bridgehead atoms. The van der Waals surface area contributed by atoms with Gasteiger partial charge in [0.2, 0.25) is 0 Å². The van der Waals surface area contributed by atoms with Crippen LogP contribution in [0.4, 0.5) is 10.1 Å². The van der Waals surface area contributed by atoms with Crippen LogP contribution in [-0.2, 0) is 6.61 Å². The maximum Gasteiger partial charge on any atom is 0.125 e. The minimum atomic E-state index is -0.346. The molecule has 1 aromatic carbocycles. The molecule has 0 saturated heterocycles. The molecule has 0 aliphatic heterocycles. The second kappa shape index (κ2) is 6.57. The van der Waals surface area contributed by atoms with E-state index in [-0.39, 0.29) is 25.1 Å². The first-order chi connectivity index (χ1) is 8.08. The van der Waals surface area contributed by atoms with Crippen molar-refractivity contribution in [3.05, 3.63) is 29.6 Å². The second-order valence-corrected chi connectivity index (χ2v) is 4.34. The van der Waals surface area contributed by atoms with Crippen molar-refractivity contribution in [2.75, 3.05) is 18.1 Å². The highest BCUT2D eigenvalue weighted by Gasteiger charge is 2.12. The smallest absolute Gasteiger partial charge is 0.125 e. The van der Waals surface area contributed by atoms with Gasteiger partial charge in [-0.1, -0.05) is 0 Å². The molecule has 96 valence electrons. The highest BCUT2D eigenvalue weighted by molar-refractivity contribution is 5.49. The van der Waals surface area contributed by atoms with E-state index in [4.69, 9.17) is 10.2 Å². The van der Waals surface area contributed by atoms with Gasteiger partial charge in [-0.25, -0.2) is 4.39 Å². The Bertz CT molecular complexity index is 355. The number of nitrogens with zero attached hydrogens (tertiary/aromatic N) is 1. The second-order valence-electron chi connectivity index (χ2n) is 4.34. The van der Waals surface area contributed by atoms with E-state index in [9.17, 15) is 4.39 Å². The molecule has 0 amide bonds. The number of hydrogen-bond donors (Lipinski definition) is 2. The van der Waals surface area contributed by atoms with Gasteiger partial charge in [0.1, 0.15) is 5.82 Å². The Hall–Kier alpha value is -1.13. The highest BCUT2D eigenvalue weighted by atomic mass is 19.1. The van der Waals surface area contributed by atoms with Gasteiger partial charge in [0, 0.05) is 24.9 Å². The molecule has 0 unspecified atom stereocenters. The predicted octanol–water partition coefficient (Wildman–Crippen LogP) is 1.92. The Morgan fingerprint density at radius 1 is 1.24 bits per heavy atom. The van der Waals surface area contributed by atoms with E-state index in [1.165, 1.54) is 12.1 Å². The van der Waals surface area contributed by atoms with Crippen LogP contribution >= 0.6 is 0 Å². The van der Waals surface area contributed by atoms with Crippen molar-refractivity contribution in [2.24, 2.45) is 0 Å². The van der Waals surface area contributed by atoms with Crippen molar-refractivity contribution >= 4 is 5.69 Å². The van der Waals surface area contributed by atoms with Crippen LogP contribution in [-0.4, -0.2) is 29.4 Å². The molecule has 0 saturated carbocycles. The topological polar surface area (TPSA) is 43.7 Å². The van der Waals surface area contributed by atoms with Gasteiger partial charge in [-0.3, -0.25) is 0 Å². The summed E-state index contributed by atoms with van der Waals surface area (Å²) >= 11 is 0. The summed E-state index contributed by atoms with van der Waals surface area (Å²) < 4.78 is 13.4. The monoisotopic (exact) mass is 241 g/mol. The fourth-order valence-electron chi connectivity index (χ4n) is 1.82. The summed E-state index contributed by atoms with van der Waals surface area (Å²) in [7, 11) is 0. The molecule has 1 aromatic rings. The van der Waals surface area contributed by atoms with Gasteiger partial charge in [-0.05, 0) is 44.0 Å². The summed E-state index contributed by atoms with van der Waals surface area (Å²) in [6.07, 6.45) is 0.642. The van der Waals surface area contributed by atoms with Crippen LogP contribution < -0.4 is 4.90 Å². The zero-order valence-electron chi connectivity index (χ0n) is 10.4. The minimum Gasteiger partial charge on any atom is -0.396 e. The third kappa shape index (κ3) is 3.98. The third-order valence-corrected chi connectivity index (χ3v) is 2.64. The lowest BCUT2D eigenvalue weighted by Crippen LogP contribution is -2.32. The Labute approximate surface area is 101 Å². The number of aliphatic hydroxyl groups excluding tert-OH is 2. The van der Waals surface area contributed by atoms with Gasteiger partial charge in [0.05, 0.1) is 6.61 Å². The average Bonchev–Trinajstić information content (AvgIpc) is 2.28. The molecule has 4 heteroatoms. The van der Waals surface area contributed by atoms with E-state index in [2.05, 4.69) is 0 Å². The van der Waals surface area contributed by atoms with Crippen molar-refractivity contribution in [3.63, 3.8) is 0 Å². The molecule has 2 N–H and O–H groups in total. The molecular weight excluding hydrogens is 221 g/mol. The normalized spacial score (nSPS) is 10.9. The molecule has 0 fully saturated rings. The number of halogens is 1. The lowest BCUT2D eigenvalue weighted by molar-refractivity contribution is 0.281. The summed E-state index contributed by atoms with van der Waals surface area (Å²) in [6, 6.07) is 4.78. The summed E-state index contributed by atoms with van der Waals surface area (Å²) in [5.74, 6) is -0.346. The molecule has 1 rings (SSSR count). The molecule has 0 radical (unpaired) electrons. The van der Waals surface area contributed by atoms with Gasteiger partial charge in [0.25, 0.3) is 0 Å². The van der Waals surface area contributed by atoms with Gasteiger partial charge in [0.15, 0.2) is 0 Å². The zero-order chi connectivity index (χ0) is 12.8. The van der Waals surface area contributed by atoms with E-state index in [1.807, 2.05) is 18.7 Å². The molecule has 3 nitrogen and oxygen atoms in total. The number of benzene rings is 1. The number of hydrogen-bond acceptors (Lipinski definition) is 3. The van der Waals surface area contributed by atoms with Crippen LogP contribution in [0.1, 0.15) is 25.8 Å². The van der Waals surface area contributed by atoms with Crippen LogP contribution in [0.3, 0.4) is 0 Å². The van der Waals surface area contributed by atoms with Gasteiger partial charge in [-0.2, -0.15) is 0 Å². The first-order valence-electron chi connectivity index (χ1n) is 5.86. The number of aliphatic hydroxyl groups is 2. The van der Waals surface area contributed by atoms with Crippen LogP contribution in [0.2, 0.25) is 0 Å². The van der Waals surface area contributed by atoms with E-state index < -0.39 is 0 Å². The Morgan fingerprint density at radius 3 is 2.47 bits per heavy atom. The summed E-state index contributed by atoms with van der Waals surface area (Å²) in [6.45, 7) is 4.65. The Kier molecular flexibility index (Phi) is 5.38. The lowest BCUT2D eigenvalue weighted by Gasteiger charge is -2.29. The molecule has 0 atom stereocenters. The minimum absolute atomic E-state index is 0.116. The van der Waals surface area contributed by atoms with Crippen molar-refractivity contribution < 1.29 is 14.6 Å². The molecule has 0 aromatic heterocycles. The largest absolute Gasteiger partial charge is 0.396 e. The summed E-state index contributed by atoms with van der Waals surface area (Å²) in [4.78, 5) is 2.01. The average molecular weight is 241 g/mol. The SMILES string of the molecule is CC(C)N(CCCO)c1cc(F)cc(CO)c1. The van der Waals surface area contributed by atoms with Crippen LogP contribution in [0.15, 0.2) is 18.2 Å². The van der Waals surface area contributed by atoms with E-state index in [0.717, 1.165) is 5.69 Å². The molecule has 0 aliphatic carbocycles. The quantitative estimate of drug-likeness (QED) is 0.799. The molecule has 0 spiro atoms.